The van der Waals surface area contributed by atoms with Crippen molar-refractivity contribution in [2.24, 2.45) is 11.8 Å². The summed E-state index contributed by atoms with van der Waals surface area (Å²) >= 11 is 6.15. The minimum Gasteiger partial charge on any atom is -0.481 e. The number of likely N-dealkylation sites (tertiary alicyclic amines) is 1. The van der Waals surface area contributed by atoms with Crippen LogP contribution in [0.25, 0.3) is 0 Å². The Bertz CT molecular complexity index is 548. The number of nitrogens with zero attached hydrogens (tertiary/aromatic N) is 1. The Morgan fingerprint density at radius 1 is 1.45 bits per heavy atom. The Kier molecular flexibility index (Phi) is 3.48. The summed E-state index contributed by atoms with van der Waals surface area (Å²) in [7, 11) is 0. The second kappa shape index (κ2) is 5.14. The number of carboxylic acid groups (broad SMARTS) is 1. The third-order valence-corrected chi connectivity index (χ3v) is 4.18. The molecule has 1 saturated heterocycles. The number of benzene rings is 1. The summed E-state index contributed by atoms with van der Waals surface area (Å²) in [5.74, 6) is 0.406. The lowest BCUT2D eigenvalue weighted by Gasteiger charge is -2.16. The number of aliphatic carboxylic acids is 1. The molecule has 0 unspecified atom stereocenters. The van der Waals surface area contributed by atoms with Gasteiger partial charge in [-0.15, -0.1) is 0 Å². The Morgan fingerprint density at radius 3 is 2.95 bits per heavy atom. The number of halogens is 1. The predicted octanol–water partition coefficient (Wildman–Crippen LogP) is 2.22. The average Bonchev–Trinajstić information content (AvgIpc) is 2.96. The highest BCUT2D eigenvalue weighted by molar-refractivity contribution is 6.32. The molecule has 2 heterocycles. The second-order valence-corrected chi connectivity index (χ2v) is 5.83. The van der Waals surface area contributed by atoms with Crippen LogP contribution in [0.15, 0.2) is 12.1 Å². The van der Waals surface area contributed by atoms with Gasteiger partial charge in [-0.2, -0.15) is 0 Å². The third-order valence-electron chi connectivity index (χ3n) is 3.90. The van der Waals surface area contributed by atoms with Crippen LogP contribution < -0.4 is 9.47 Å². The first-order valence-electron chi connectivity index (χ1n) is 6.58. The molecule has 0 spiro atoms. The third kappa shape index (κ3) is 2.43. The van der Waals surface area contributed by atoms with Gasteiger partial charge in [0.05, 0.1) is 10.9 Å². The van der Waals surface area contributed by atoms with Crippen molar-refractivity contribution in [3.8, 4) is 11.5 Å². The number of ether oxygens (including phenoxy) is 2. The molecule has 0 aromatic heterocycles. The van der Waals surface area contributed by atoms with Gasteiger partial charge < -0.3 is 14.6 Å². The van der Waals surface area contributed by atoms with E-state index in [0.717, 1.165) is 12.1 Å². The van der Waals surface area contributed by atoms with Crippen LogP contribution in [0, 0.1) is 11.8 Å². The fraction of sp³-hybridized carbons (Fsp3) is 0.500. The molecule has 1 N–H and O–H groups in total. The normalized spacial score (nSPS) is 25.1. The summed E-state index contributed by atoms with van der Waals surface area (Å²) in [6.45, 7) is 4.20. The van der Waals surface area contributed by atoms with Gasteiger partial charge in [0.15, 0.2) is 11.5 Å². The first-order valence-corrected chi connectivity index (χ1v) is 6.95. The zero-order valence-corrected chi connectivity index (χ0v) is 11.9. The molecule has 3 rings (SSSR count). The number of carboxylic acids is 1. The molecule has 2 aliphatic heterocycles. The lowest BCUT2D eigenvalue weighted by atomic mass is 9.99. The van der Waals surface area contributed by atoms with Crippen LogP contribution in [0.4, 0.5) is 0 Å². The fourth-order valence-electron chi connectivity index (χ4n) is 2.89. The van der Waals surface area contributed by atoms with Crippen molar-refractivity contribution in [2.45, 2.75) is 13.5 Å². The number of hydrogen-bond donors (Lipinski definition) is 1. The Balaban J connectivity index is 1.73. The maximum absolute atomic E-state index is 11.1. The molecular weight excluding hydrogens is 282 g/mol. The number of carbonyl (C=O) groups is 1. The van der Waals surface area contributed by atoms with Crippen LogP contribution in [0.1, 0.15) is 12.5 Å². The van der Waals surface area contributed by atoms with Gasteiger partial charge in [-0.3, -0.25) is 9.69 Å². The topological polar surface area (TPSA) is 59.0 Å². The van der Waals surface area contributed by atoms with Gasteiger partial charge in [-0.05, 0) is 23.6 Å². The molecule has 1 aromatic carbocycles. The van der Waals surface area contributed by atoms with Crippen molar-refractivity contribution < 1.29 is 19.4 Å². The molecule has 1 fully saturated rings. The highest BCUT2D eigenvalue weighted by atomic mass is 35.5. The summed E-state index contributed by atoms with van der Waals surface area (Å²) in [6, 6.07) is 3.76. The molecule has 1 aromatic rings. The molecule has 0 radical (unpaired) electrons. The van der Waals surface area contributed by atoms with E-state index in [1.807, 2.05) is 19.1 Å². The van der Waals surface area contributed by atoms with Crippen molar-refractivity contribution in [1.82, 2.24) is 4.90 Å². The molecule has 0 aliphatic carbocycles. The quantitative estimate of drug-likeness (QED) is 0.927. The van der Waals surface area contributed by atoms with Crippen LogP contribution >= 0.6 is 11.6 Å². The van der Waals surface area contributed by atoms with Crippen LogP contribution in [0.2, 0.25) is 5.02 Å². The highest BCUT2D eigenvalue weighted by Gasteiger charge is 2.34. The smallest absolute Gasteiger partial charge is 0.308 e. The molecule has 0 amide bonds. The molecule has 108 valence electrons. The van der Waals surface area contributed by atoms with Crippen molar-refractivity contribution in [3.63, 3.8) is 0 Å². The maximum atomic E-state index is 11.1. The van der Waals surface area contributed by atoms with Gasteiger partial charge in [0.1, 0.15) is 0 Å². The largest absolute Gasteiger partial charge is 0.481 e. The molecule has 0 saturated carbocycles. The van der Waals surface area contributed by atoms with E-state index in [1.165, 1.54) is 0 Å². The van der Waals surface area contributed by atoms with E-state index in [-0.39, 0.29) is 18.6 Å². The lowest BCUT2D eigenvalue weighted by molar-refractivity contribution is -0.142. The molecule has 20 heavy (non-hydrogen) atoms. The molecular formula is C14H16ClNO4. The summed E-state index contributed by atoms with van der Waals surface area (Å²) in [5.41, 5.74) is 1.01. The highest BCUT2D eigenvalue weighted by Crippen LogP contribution is 2.40. The minimum atomic E-state index is -0.719. The van der Waals surface area contributed by atoms with Gasteiger partial charge in [-0.1, -0.05) is 18.5 Å². The zero-order chi connectivity index (χ0) is 14.3. The lowest BCUT2D eigenvalue weighted by Crippen LogP contribution is -2.23. The van der Waals surface area contributed by atoms with E-state index in [0.29, 0.717) is 29.6 Å². The Labute approximate surface area is 122 Å². The Morgan fingerprint density at radius 2 is 2.25 bits per heavy atom. The van der Waals surface area contributed by atoms with Crippen molar-refractivity contribution >= 4 is 17.6 Å². The molecule has 5 nitrogen and oxygen atoms in total. The maximum Gasteiger partial charge on any atom is 0.308 e. The Hall–Kier alpha value is -1.46. The van der Waals surface area contributed by atoms with E-state index >= 15 is 0 Å². The van der Waals surface area contributed by atoms with Crippen LogP contribution in [-0.4, -0.2) is 35.9 Å². The summed E-state index contributed by atoms with van der Waals surface area (Å²) in [5, 5.41) is 9.69. The first-order chi connectivity index (χ1) is 9.54. The molecule has 2 aliphatic rings. The number of hydrogen-bond acceptors (Lipinski definition) is 4. The van der Waals surface area contributed by atoms with Gasteiger partial charge >= 0.3 is 5.97 Å². The van der Waals surface area contributed by atoms with Crippen molar-refractivity contribution in [2.75, 3.05) is 19.9 Å². The molecule has 2 atom stereocenters. The van der Waals surface area contributed by atoms with Crippen LogP contribution in [0.5, 0.6) is 11.5 Å². The SMILES string of the molecule is C[C@@H]1CN(Cc2cc(Cl)c3c(c2)OCO3)C[C@H]1C(=O)O. The summed E-state index contributed by atoms with van der Waals surface area (Å²) < 4.78 is 10.6. The standard InChI is InChI=1S/C14H16ClNO4/c1-8-4-16(6-10(8)14(17)18)5-9-2-11(15)13-12(3-9)19-7-20-13/h2-3,8,10H,4-7H2,1H3,(H,17,18)/t8-,10-/m1/s1. The van der Waals surface area contributed by atoms with E-state index in [4.69, 9.17) is 26.2 Å². The van der Waals surface area contributed by atoms with E-state index in [2.05, 4.69) is 4.90 Å². The predicted molar refractivity (Wildman–Crippen MR) is 73.1 cm³/mol. The summed E-state index contributed by atoms with van der Waals surface area (Å²) in [6.07, 6.45) is 0. The zero-order valence-electron chi connectivity index (χ0n) is 11.1. The molecule has 0 bridgehead atoms. The van der Waals surface area contributed by atoms with Gasteiger partial charge in [-0.25, -0.2) is 0 Å². The van der Waals surface area contributed by atoms with E-state index in [9.17, 15) is 4.79 Å². The monoisotopic (exact) mass is 297 g/mol. The summed E-state index contributed by atoms with van der Waals surface area (Å²) in [4.78, 5) is 13.3. The van der Waals surface area contributed by atoms with Gasteiger partial charge in [0.25, 0.3) is 0 Å². The van der Waals surface area contributed by atoms with Crippen LogP contribution in [0.3, 0.4) is 0 Å². The molecule has 6 heteroatoms. The van der Waals surface area contributed by atoms with Crippen molar-refractivity contribution in [3.05, 3.63) is 22.7 Å². The van der Waals surface area contributed by atoms with Gasteiger partial charge in [0, 0.05) is 19.6 Å². The minimum absolute atomic E-state index is 0.164. The van der Waals surface area contributed by atoms with E-state index in [1.54, 1.807) is 0 Å². The average molecular weight is 298 g/mol. The second-order valence-electron chi connectivity index (χ2n) is 5.43. The number of rotatable bonds is 3. The number of fused-ring (bicyclic) bond motifs is 1. The van der Waals surface area contributed by atoms with Gasteiger partial charge in [0.2, 0.25) is 6.79 Å². The van der Waals surface area contributed by atoms with E-state index < -0.39 is 5.97 Å². The first kappa shape index (κ1) is 13.5. The van der Waals surface area contributed by atoms with Crippen LogP contribution in [-0.2, 0) is 11.3 Å². The van der Waals surface area contributed by atoms with Crippen molar-refractivity contribution in [1.29, 1.82) is 0 Å². The fourth-order valence-corrected chi connectivity index (χ4v) is 3.18.